The van der Waals surface area contributed by atoms with Gasteiger partial charge < -0.3 is 5.32 Å². The third-order valence-electron chi connectivity index (χ3n) is 5.90. The fourth-order valence-corrected chi connectivity index (χ4v) is 4.30. The summed E-state index contributed by atoms with van der Waals surface area (Å²) in [5, 5.41) is 6.05. The Hall–Kier alpha value is -3.41. The number of hydrogen-bond donors (Lipinski definition) is 1. The van der Waals surface area contributed by atoms with E-state index in [-0.39, 0.29) is 23.4 Å². The first kappa shape index (κ1) is 23.3. The van der Waals surface area contributed by atoms with Crippen LogP contribution in [0.4, 0.5) is 22.0 Å². The van der Waals surface area contributed by atoms with Crippen LogP contribution in [-0.2, 0) is 6.18 Å². The Bertz CT molecular complexity index is 1360. The Morgan fingerprint density at radius 1 is 1.17 bits per heavy atom. The van der Waals surface area contributed by atoms with Gasteiger partial charge in [0.15, 0.2) is 11.5 Å². The SMILES string of the molecule is C[C@@H]1N=C(c2c(F)cccc2F)c2c(cnc(C(F)(F)F)c2Cl)-n2nc(C(=O)NC3CCC3)nc21. The lowest BCUT2D eigenvalue weighted by molar-refractivity contribution is -0.141. The molecule has 1 N–H and O–H groups in total. The Kier molecular flexibility index (Phi) is 5.58. The van der Waals surface area contributed by atoms with E-state index in [1.165, 1.54) is 6.92 Å². The molecule has 35 heavy (non-hydrogen) atoms. The fourth-order valence-electron chi connectivity index (χ4n) is 3.96. The lowest BCUT2D eigenvalue weighted by Crippen LogP contribution is -2.40. The topological polar surface area (TPSA) is 85.1 Å². The largest absolute Gasteiger partial charge is 0.434 e. The van der Waals surface area contributed by atoms with Crippen molar-refractivity contribution in [3.05, 3.63) is 69.5 Å². The molecule has 1 aliphatic carbocycles. The van der Waals surface area contributed by atoms with Crippen molar-refractivity contribution in [2.75, 3.05) is 0 Å². The molecule has 182 valence electrons. The number of amides is 1. The number of pyridine rings is 1. The van der Waals surface area contributed by atoms with Crippen LogP contribution in [0.2, 0.25) is 5.02 Å². The van der Waals surface area contributed by atoms with Gasteiger partial charge in [-0.3, -0.25) is 9.79 Å². The Morgan fingerprint density at radius 2 is 1.86 bits per heavy atom. The number of aliphatic imine (C=N–C) groups is 1. The Labute approximate surface area is 200 Å². The molecule has 1 aliphatic heterocycles. The van der Waals surface area contributed by atoms with Gasteiger partial charge in [0, 0.05) is 11.6 Å². The molecule has 1 amide bonds. The first-order valence-electron chi connectivity index (χ1n) is 10.6. The number of halogens is 6. The number of nitrogens with one attached hydrogen (secondary N) is 1. The number of nitrogens with zero attached hydrogens (tertiary/aromatic N) is 5. The molecule has 0 radical (unpaired) electrons. The van der Waals surface area contributed by atoms with Crippen LogP contribution in [0.5, 0.6) is 0 Å². The second kappa shape index (κ2) is 8.36. The van der Waals surface area contributed by atoms with Gasteiger partial charge in [-0.2, -0.15) is 13.2 Å². The summed E-state index contributed by atoms with van der Waals surface area (Å²) in [6, 6.07) is 2.06. The molecule has 5 rings (SSSR count). The molecule has 1 saturated carbocycles. The zero-order valence-electron chi connectivity index (χ0n) is 18.0. The first-order chi connectivity index (χ1) is 16.6. The van der Waals surface area contributed by atoms with Crippen LogP contribution in [0.1, 0.15) is 65.5 Å². The van der Waals surface area contributed by atoms with Crippen molar-refractivity contribution < 1.29 is 26.7 Å². The van der Waals surface area contributed by atoms with Gasteiger partial charge >= 0.3 is 6.18 Å². The predicted octanol–water partition coefficient (Wildman–Crippen LogP) is 4.81. The molecule has 3 aromatic rings. The zero-order chi connectivity index (χ0) is 25.1. The second-order valence-electron chi connectivity index (χ2n) is 8.24. The number of fused-ring (bicyclic) bond motifs is 3. The molecule has 0 saturated heterocycles. The van der Waals surface area contributed by atoms with Crippen LogP contribution in [-0.4, -0.2) is 37.4 Å². The molecule has 0 bridgehead atoms. The number of carbonyl (C=O) groups is 1. The van der Waals surface area contributed by atoms with E-state index in [9.17, 15) is 26.7 Å². The summed E-state index contributed by atoms with van der Waals surface area (Å²) in [4.78, 5) is 24.6. The first-order valence-corrected chi connectivity index (χ1v) is 11.0. The predicted molar refractivity (Wildman–Crippen MR) is 115 cm³/mol. The van der Waals surface area contributed by atoms with Gasteiger partial charge in [0.25, 0.3) is 5.91 Å². The lowest BCUT2D eigenvalue weighted by atomic mass is 9.93. The molecular formula is C22H16ClF5N6O. The van der Waals surface area contributed by atoms with E-state index in [2.05, 4.69) is 25.4 Å². The van der Waals surface area contributed by atoms with Gasteiger partial charge in [0.1, 0.15) is 17.7 Å². The Balaban J connectivity index is 1.75. The summed E-state index contributed by atoms with van der Waals surface area (Å²) in [6.45, 7) is 1.50. The minimum absolute atomic E-state index is 0.00498. The minimum atomic E-state index is -4.96. The lowest BCUT2D eigenvalue weighted by Gasteiger charge is -2.25. The van der Waals surface area contributed by atoms with Crippen molar-refractivity contribution in [1.82, 2.24) is 25.1 Å². The quantitative estimate of drug-likeness (QED) is 0.513. The van der Waals surface area contributed by atoms with E-state index in [0.29, 0.717) is 0 Å². The van der Waals surface area contributed by atoms with Crippen molar-refractivity contribution in [2.45, 2.75) is 44.4 Å². The van der Waals surface area contributed by atoms with Gasteiger partial charge in [0.05, 0.1) is 28.2 Å². The molecule has 1 atom stereocenters. The third kappa shape index (κ3) is 3.95. The molecule has 7 nitrogen and oxygen atoms in total. The van der Waals surface area contributed by atoms with Crippen LogP contribution in [0.3, 0.4) is 0 Å². The fraction of sp³-hybridized carbons (Fsp3) is 0.318. The maximum Gasteiger partial charge on any atom is 0.434 e. The van der Waals surface area contributed by atoms with Crippen molar-refractivity contribution in [3.63, 3.8) is 0 Å². The van der Waals surface area contributed by atoms with Crippen LogP contribution in [0.15, 0.2) is 29.4 Å². The van der Waals surface area contributed by atoms with Crippen LogP contribution >= 0.6 is 11.6 Å². The van der Waals surface area contributed by atoms with Crippen molar-refractivity contribution in [1.29, 1.82) is 0 Å². The van der Waals surface area contributed by atoms with E-state index in [1.54, 1.807) is 0 Å². The number of aromatic nitrogens is 4. The third-order valence-corrected chi connectivity index (χ3v) is 6.27. The Morgan fingerprint density at radius 3 is 2.46 bits per heavy atom. The van der Waals surface area contributed by atoms with Gasteiger partial charge in [0.2, 0.25) is 5.82 Å². The number of alkyl halides is 3. The van der Waals surface area contributed by atoms with Crippen molar-refractivity contribution in [2.24, 2.45) is 4.99 Å². The highest BCUT2D eigenvalue weighted by molar-refractivity contribution is 6.37. The van der Waals surface area contributed by atoms with Crippen LogP contribution < -0.4 is 5.32 Å². The van der Waals surface area contributed by atoms with Crippen molar-refractivity contribution in [3.8, 4) is 5.69 Å². The highest BCUT2D eigenvalue weighted by Crippen LogP contribution is 2.40. The number of benzene rings is 1. The van der Waals surface area contributed by atoms with E-state index < -0.39 is 57.3 Å². The van der Waals surface area contributed by atoms with Gasteiger partial charge in [-0.1, -0.05) is 17.7 Å². The maximum absolute atomic E-state index is 14.7. The number of rotatable bonds is 3. The average molecular weight is 511 g/mol. The maximum atomic E-state index is 14.7. The van der Waals surface area contributed by atoms with Gasteiger partial charge in [-0.05, 0) is 38.3 Å². The van der Waals surface area contributed by atoms with E-state index >= 15 is 0 Å². The molecular weight excluding hydrogens is 495 g/mol. The number of hydrogen-bond acceptors (Lipinski definition) is 5. The molecule has 2 aliphatic rings. The minimum Gasteiger partial charge on any atom is -0.347 e. The summed E-state index contributed by atoms with van der Waals surface area (Å²) in [5.74, 6) is -2.81. The van der Waals surface area contributed by atoms with Crippen molar-refractivity contribution >= 4 is 23.2 Å². The second-order valence-corrected chi connectivity index (χ2v) is 8.61. The molecule has 3 heterocycles. The highest BCUT2D eigenvalue weighted by Gasteiger charge is 2.40. The number of carbonyl (C=O) groups excluding carboxylic acids is 1. The molecule has 0 spiro atoms. The monoisotopic (exact) mass is 510 g/mol. The average Bonchev–Trinajstić information content (AvgIpc) is 3.15. The summed E-state index contributed by atoms with van der Waals surface area (Å²) in [5.41, 5.74) is -3.15. The standard InChI is InChI=1S/C22H16ClF5N6O/c1-9-20-32-19(21(35)31-10-4-2-5-10)33-34(20)13-8-29-18(22(26,27)28)16(23)15(13)17(30-9)14-11(24)6-3-7-12(14)25/h3,6-10H,2,4-5H2,1H3,(H,31,35)/t9-/m0/s1. The van der Waals surface area contributed by atoms with Gasteiger partial charge in [-0.25, -0.2) is 23.4 Å². The smallest absolute Gasteiger partial charge is 0.347 e. The molecule has 2 aromatic heterocycles. The molecule has 1 aromatic carbocycles. The summed E-state index contributed by atoms with van der Waals surface area (Å²) in [6.07, 6.45) is -1.51. The van der Waals surface area contributed by atoms with E-state index in [1.807, 2.05) is 0 Å². The molecule has 1 fully saturated rings. The van der Waals surface area contributed by atoms with Crippen LogP contribution in [0.25, 0.3) is 5.69 Å². The van der Waals surface area contributed by atoms with E-state index in [0.717, 1.165) is 48.3 Å². The summed E-state index contributed by atoms with van der Waals surface area (Å²) in [7, 11) is 0. The zero-order valence-corrected chi connectivity index (χ0v) is 18.8. The van der Waals surface area contributed by atoms with Crippen LogP contribution in [0, 0.1) is 11.6 Å². The normalized spacial score (nSPS) is 17.7. The summed E-state index contributed by atoms with van der Waals surface area (Å²) < 4.78 is 71.5. The van der Waals surface area contributed by atoms with Gasteiger partial charge in [-0.15, -0.1) is 5.10 Å². The molecule has 0 unspecified atom stereocenters. The molecule has 13 heteroatoms. The highest BCUT2D eigenvalue weighted by atomic mass is 35.5. The summed E-state index contributed by atoms with van der Waals surface area (Å²) >= 11 is 6.16. The van der Waals surface area contributed by atoms with E-state index in [4.69, 9.17) is 11.6 Å².